The van der Waals surface area contributed by atoms with Crippen LogP contribution in [0.4, 0.5) is 0 Å². The van der Waals surface area contributed by atoms with Crippen molar-refractivity contribution in [1.29, 1.82) is 0 Å². The van der Waals surface area contributed by atoms with Gasteiger partial charge in [0, 0.05) is 38.1 Å². The Morgan fingerprint density at radius 3 is 1.80 bits per heavy atom. The van der Waals surface area contributed by atoms with Gasteiger partial charge in [0.15, 0.2) is 0 Å². The highest BCUT2D eigenvalue weighted by Crippen LogP contribution is 1.93. The first-order valence-electron chi connectivity index (χ1n) is 5.43. The number of aromatic nitrogens is 1. The molecule has 0 unspecified atom stereocenters. The molecule has 0 radical (unpaired) electrons. The molecule has 3 nitrogen and oxygen atoms in total. The third-order valence-corrected chi connectivity index (χ3v) is 2.54. The molecule has 15 heavy (non-hydrogen) atoms. The standard InChI is InChI=1S/C6H14N2.C6H7N/c1-7-3-5-8(2)6-4-7;1-6-4-2-3-5-7-6/h3-6H2,1-2H3;2-5H,1H3. The lowest BCUT2D eigenvalue weighted by atomic mass is 10.4. The SMILES string of the molecule is CN1CCN(C)CC1.Cc1ccccn1. The monoisotopic (exact) mass is 207 g/mol. The van der Waals surface area contributed by atoms with E-state index in [2.05, 4.69) is 28.9 Å². The van der Waals surface area contributed by atoms with Crippen LogP contribution in [0.5, 0.6) is 0 Å². The van der Waals surface area contributed by atoms with E-state index < -0.39 is 0 Å². The first-order chi connectivity index (χ1) is 7.18. The van der Waals surface area contributed by atoms with Gasteiger partial charge in [0.2, 0.25) is 0 Å². The molecule has 3 heteroatoms. The number of pyridine rings is 1. The Balaban J connectivity index is 0.000000151. The maximum atomic E-state index is 3.98. The van der Waals surface area contributed by atoms with Gasteiger partial charge in [-0.15, -0.1) is 0 Å². The third kappa shape index (κ3) is 5.50. The number of hydrogen-bond donors (Lipinski definition) is 0. The molecule has 0 aliphatic carbocycles. The zero-order valence-corrected chi connectivity index (χ0v) is 9.98. The minimum atomic E-state index is 1.07. The fourth-order valence-electron chi connectivity index (χ4n) is 1.35. The van der Waals surface area contributed by atoms with Crippen LogP contribution in [0.1, 0.15) is 5.69 Å². The predicted molar refractivity (Wildman–Crippen MR) is 64.0 cm³/mol. The van der Waals surface area contributed by atoms with E-state index in [1.807, 2.05) is 25.1 Å². The van der Waals surface area contributed by atoms with Crippen LogP contribution >= 0.6 is 0 Å². The van der Waals surface area contributed by atoms with Crippen LogP contribution in [-0.4, -0.2) is 55.1 Å². The molecule has 0 amide bonds. The highest BCUT2D eigenvalue weighted by Gasteiger charge is 2.07. The zero-order valence-electron chi connectivity index (χ0n) is 9.98. The summed E-state index contributed by atoms with van der Waals surface area (Å²) in [6.45, 7) is 6.90. The zero-order chi connectivity index (χ0) is 11.1. The number of piperazine rings is 1. The third-order valence-electron chi connectivity index (χ3n) is 2.54. The minimum Gasteiger partial charge on any atom is -0.304 e. The van der Waals surface area contributed by atoms with E-state index in [-0.39, 0.29) is 0 Å². The first kappa shape index (κ1) is 12.1. The highest BCUT2D eigenvalue weighted by atomic mass is 15.2. The lowest BCUT2D eigenvalue weighted by molar-refractivity contribution is 0.181. The Labute approximate surface area is 92.7 Å². The van der Waals surface area contributed by atoms with Gasteiger partial charge in [-0.3, -0.25) is 4.98 Å². The van der Waals surface area contributed by atoms with E-state index in [9.17, 15) is 0 Å². The summed E-state index contributed by atoms with van der Waals surface area (Å²) < 4.78 is 0. The summed E-state index contributed by atoms with van der Waals surface area (Å²) in [6.07, 6.45) is 1.79. The summed E-state index contributed by atoms with van der Waals surface area (Å²) >= 11 is 0. The fraction of sp³-hybridized carbons (Fsp3) is 0.583. The molecule has 2 heterocycles. The van der Waals surface area contributed by atoms with Crippen LogP contribution < -0.4 is 0 Å². The van der Waals surface area contributed by atoms with E-state index in [0.717, 1.165) is 5.69 Å². The average molecular weight is 207 g/mol. The molecule has 0 saturated carbocycles. The van der Waals surface area contributed by atoms with Gasteiger partial charge in [0.25, 0.3) is 0 Å². The van der Waals surface area contributed by atoms with Crippen molar-refractivity contribution in [1.82, 2.24) is 14.8 Å². The molecule has 0 aromatic carbocycles. The Bertz CT molecular complexity index is 243. The number of hydrogen-bond acceptors (Lipinski definition) is 3. The summed E-state index contributed by atoms with van der Waals surface area (Å²) in [6, 6.07) is 5.86. The molecule has 2 rings (SSSR count). The quantitative estimate of drug-likeness (QED) is 0.638. The molecule has 84 valence electrons. The maximum absolute atomic E-state index is 3.98. The second-order valence-electron chi connectivity index (χ2n) is 4.08. The Morgan fingerprint density at radius 1 is 1.00 bits per heavy atom. The van der Waals surface area contributed by atoms with E-state index in [1.165, 1.54) is 26.2 Å². The maximum Gasteiger partial charge on any atom is 0.0372 e. The van der Waals surface area contributed by atoms with Crippen molar-refractivity contribution in [2.45, 2.75) is 6.92 Å². The number of nitrogens with zero attached hydrogens (tertiary/aromatic N) is 3. The second-order valence-corrected chi connectivity index (χ2v) is 4.08. The summed E-state index contributed by atoms with van der Waals surface area (Å²) in [4.78, 5) is 8.70. The van der Waals surface area contributed by atoms with Gasteiger partial charge in [0.05, 0.1) is 0 Å². The first-order valence-corrected chi connectivity index (χ1v) is 5.43. The summed E-state index contributed by atoms with van der Waals surface area (Å²) in [5.74, 6) is 0. The van der Waals surface area contributed by atoms with Gasteiger partial charge >= 0.3 is 0 Å². The van der Waals surface area contributed by atoms with Gasteiger partial charge in [-0.2, -0.15) is 0 Å². The van der Waals surface area contributed by atoms with Crippen LogP contribution in [0.15, 0.2) is 24.4 Å². The van der Waals surface area contributed by atoms with Crippen molar-refractivity contribution >= 4 is 0 Å². The van der Waals surface area contributed by atoms with Crippen LogP contribution in [-0.2, 0) is 0 Å². The van der Waals surface area contributed by atoms with E-state index in [4.69, 9.17) is 0 Å². The van der Waals surface area contributed by atoms with E-state index >= 15 is 0 Å². The number of aryl methyl sites for hydroxylation is 1. The average Bonchev–Trinajstić information content (AvgIpc) is 2.25. The van der Waals surface area contributed by atoms with Crippen LogP contribution in [0.3, 0.4) is 0 Å². The van der Waals surface area contributed by atoms with E-state index in [1.54, 1.807) is 6.20 Å². The van der Waals surface area contributed by atoms with Gasteiger partial charge in [-0.25, -0.2) is 0 Å². The topological polar surface area (TPSA) is 19.4 Å². The Hall–Kier alpha value is -0.930. The summed E-state index contributed by atoms with van der Waals surface area (Å²) in [7, 11) is 4.35. The van der Waals surface area contributed by atoms with Crippen molar-refractivity contribution in [3.05, 3.63) is 30.1 Å². The molecule has 0 spiro atoms. The van der Waals surface area contributed by atoms with Crippen LogP contribution in [0.25, 0.3) is 0 Å². The molecular formula is C12H21N3. The number of likely N-dealkylation sites (N-methyl/N-ethyl adjacent to an activating group) is 2. The van der Waals surface area contributed by atoms with Crippen molar-refractivity contribution in [3.63, 3.8) is 0 Å². The molecular weight excluding hydrogens is 186 g/mol. The number of rotatable bonds is 0. The molecule has 1 aromatic heterocycles. The minimum absolute atomic E-state index is 1.07. The van der Waals surface area contributed by atoms with Crippen molar-refractivity contribution in [2.75, 3.05) is 40.3 Å². The molecule has 0 atom stereocenters. The van der Waals surface area contributed by atoms with Gasteiger partial charge in [-0.1, -0.05) is 6.07 Å². The Kier molecular flexibility index (Phi) is 5.29. The van der Waals surface area contributed by atoms with Crippen molar-refractivity contribution < 1.29 is 0 Å². The van der Waals surface area contributed by atoms with Crippen LogP contribution in [0, 0.1) is 6.92 Å². The summed E-state index contributed by atoms with van der Waals surface area (Å²) in [5.41, 5.74) is 1.07. The molecule has 1 aromatic rings. The fourth-order valence-corrected chi connectivity index (χ4v) is 1.35. The lowest BCUT2D eigenvalue weighted by Crippen LogP contribution is -2.42. The summed E-state index contributed by atoms with van der Waals surface area (Å²) in [5, 5.41) is 0. The van der Waals surface area contributed by atoms with Gasteiger partial charge < -0.3 is 9.80 Å². The second kappa shape index (κ2) is 6.53. The molecule has 1 fully saturated rings. The smallest absolute Gasteiger partial charge is 0.0372 e. The molecule has 0 bridgehead atoms. The molecule has 1 aliphatic heterocycles. The predicted octanol–water partition coefficient (Wildman–Crippen LogP) is 1.25. The molecule has 1 saturated heterocycles. The van der Waals surface area contributed by atoms with Gasteiger partial charge in [-0.05, 0) is 33.2 Å². The largest absolute Gasteiger partial charge is 0.304 e. The normalized spacial score (nSPS) is 18.1. The molecule has 1 aliphatic rings. The van der Waals surface area contributed by atoms with Gasteiger partial charge in [0.1, 0.15) is 0 Å². The van der Waals surface area contributed by atoms with E-state index in [0.29, 0.717) is 0 Å². The highest BCUT2D eigenvalue weighted by molar-refractivity contribution is 4.99. The van der Waals surface area contributed by atoms with Crippen molar-refractivity contribution in [3.8, 4) is 0 Å². The molecule has 0 N–H and O–H groups in total. The lowest BCUT2D eigenvalue weighted by Gasteiger charge is -2.28. The van der Waals surface area contributed by atoms with Crippen molar-refractivity contribution in [2.24, 2.45) is 0 Å². The van der Waals surface area contributed by atoms with Crippen LogP contribution in [0.2, 0.25) is 0 Å². The Morgan fingerprint density at radius 2 is 1.53 bits per heavy atom.